The minimum absolute atomic E-state index is 0.0271. The SMILES string of the molecule is CC(C)NC(=O)N1CCN(C(=O)c2ccc(N(C)C)cc2)CC1. The Morgan fingerprint density at radius 2 is 1.52 bits per heavy atom. The molecule has 0 aromatic heterocycles. The van der Waals surface area contributed by atoms with Crippen LogP contribution in [0.5, 0.6) is 0 Å². The molecule has 0 spiro atoms. The number of hydrogen-bond acceptors (Lipinski definition) is 3. The molecule has 0 saturated carbocycles. The highest BCUT2D eigenvalue weighted by Crippen LogP contribution is 2.15. The third-order valence-electron chi connectivity index (χ3n) is 3.90. The topological polar surface area (TPSA) is 55.9 Å². The van der Waals surface area contributed by atoms with Crippen molar-refractivity contribution in [2.24, 2.45) is 0 Å². The van der Waals surface area contributed by atoms with Crippen molar-refractivity contribution in [3.05, 3.63) is 29.8 Å². The summed E-state index contributed by atoms with van der Waals surface area (Å²) >= 11 is 0. The largest absolute Gasteiger partial charge is 0.378 e. The van der Waals surface area contributed by atoms with Crippen LogP contribution in [0.4, 0.5) is 10.5 Å². The van der Waals surface area contributed by atoms with Crippen molar-refractivity contribution in [3.8, 4) is 0 Å². The smallest absolute Gasteiger partial charge is 0.317 e. The maximum atomic E-state index is 12.5. The molecule has 0 bridgehead atoms. The van der Waals surface area contributed by atoms with E-state index < -0.39 is 0 Å². The van der Waals surface area contributed by atoms with Crippen molar-refractivity contribution >= 4 is 17.6 Å². The van der Waals surface area contributed by atoms with Gasteiger partial charge in [0, 0.05) is 57.6 Å². The molecular formula is C17H26N4O2. The lowest BCUT2D eigenvalue weighted by atomic mass is 10.1. The molecule has 3 amide bonds. The number of rotatable bonds is 3. The van der Waals surface area contributed by atoms with Gasteiger partial charge in [-0.3, -0.25) is 4.79 Å². The first-order chi connectivity index (χ1) is 10.9. The first kappa shape index (κ1) is 17.1. The van der Waals surface area contributed by atoms with Crippen LogP contribution in [0.25, 0.3) is 0 Å². The van der Waals surface area contributed by atoms with E-state index in [1.807, 2.05) is 62.0 Å². The van der Waals surface area contributed by atoms with Crippen LogP contribution in [0.3, 0.4) is 0 Å². The van der Waals surface area contributed by atoms with Gasteiger partial charge in [-0.25, -0.2) is 4.79 Å². The molecular weight excluding hydrogens is 292 g/mol. The second kappa shape index (κ2) is 7.35. The Kier molecular flexibility index (Phi) is 5.47. The Hall–Kier alpha value is -2.24. The fourth-order valence-electron chi connectivity index (χ4n) is 2.54. The van der Waals surface area contributed by atoms with E-state index in [0.29, 0.717) is 31.7 Å². The molecule has 1 heterocycles. The van der Waals surface area contributed by atoms with Crippen LogP contribution in [0, 0.1) is 0 Å². The Morgan fingerprint density at radius 1 is 1.00 bits per heavy atom. The third kappa shape index (κ3) is 4.37. The Morgan fingerprint density at radius 3 is 2.00 bits per heavy atom. The molecule has 1 aromatic carbocycles. The molecule has 0 unspecified atom stereocenters. The van der Waals surface area contributed by atoms with E-state index in [1.165, 1.54) is 0 Å². The summed E-state index contributed by atoms with van der Waals surface area (Å²) in [5, 5.41) is 2.88. The van der Waals surface area contributed by atoms with Gasteiger partial charge in [-0.1, -0.05) is 0 Å². The quantitative estimate of drug-likeness (QED) is 0.921. The van der Waals surface area contributed by atoms with Gasteiger partial charge in [0.2, 0.25) is 0 Å². The van der Waals surface area contributed by atoms with Gasteiger partial charge in [0.25, 0.3) is 5.91 Å². The van der Waals surface area contributed by atoms with Crippen LogP contribution in [0.1, 0.15) is 24.2 Å². The van der Waals surface area contributed by atoms with Crippen molar-refractivity contribution in [3.63, 3.8) is 0 Å². The minimum atomic E-state index is -0.0533. The number of nitrogens with zero attached hydrogens (tertiary/aromatic N) is 3. The number of hydrogen-bond donors (Lipinski definition) is 1. The van der Waals surface area contributed by atoms with E-state index in [4.69, 9.17) is 0 Å². The monoisotopic (exact) mass is 318 g/mol. The first-order valence-electron chi connectivity index (χ1n) is 8.00. The Balaban J connectivity index is 1.91. The summed E-state index contributed by atoms with van der Waals surface area (Å²) in [6.45, 7) is 6.16. The molecule has 6 heteroatoms. The average Bonchev–Trinajstić information content (AvgIpc) is 2.53. The number of benzene rings is 1. The van der Waals surface area contributed by atoms with Crippen molar-refractivity contribution in [2.75, 3.05) is 45.2 Å². The zero-order valence-corrected chi connectivity index (χ0v) is 14.4. The van der Waals surface area contributed by atoms with Gasteiger partial charge in [-0.15, -0.1) is 0 Å². The van der Waals surface area contributed by atoms with Crippen LogP contribution in [0.15, 0.2) is 24.3 Å². The van der Waals surface area contributed by atoms with Crippen LogP contribution in [-0.2, 0) is 0 Å². The molecule has 0 atom stereocenters. The molecule has 1 N–H and O–H groups in total. The molecule has 6 nitrogen and oxygen atoms in total. The predicted octanol–water partition coefficient (Wildman–Crippen LogP) is 1.63. The number of anilines is 1. The van der Waals surface area contributed by atoms with Crippen molar-refractivity contribution < 1.29 is 9.59 Å². The van der Waals surface area contributed by atoms with E-state index in [1.54, 1.807) is 4.90 Å². The van der Waals surface area contributed by atoms with Gasteiger partial charge < -0.3 is 20.0 Å². The van der Waals surface area contributed by atoms with Crippen LogP contribution in [-0.4, -0.2) is 68.1 Å². The van der Waals surface area contributed by atoms with Gasteiger partial charge in [0.15, 0.2) is 0 Å². The van der Waals surface area contributed by atoms with Crippen LogP contribution >= 0.6 is 0 Å². The summed E-state index contributed by atoms with van der Waals surface area (Å²) in [6, 6.07) is 7.67. The standard InChI is InChI=1S/C17H26N4O2/c1-13(2)18-17(23)21-11-9-20(10-12-21)16(22)14-5-7-15(8-6-14)19(3)4/h5-8,13H,9-12H2,1-4H3,(H,18,23). The van der Waals surface area contributed by atoms with Gasteiger partial charge in [-0.2, -0.15) is 0 Å². The Labute approximate surface area is 138 Å². The maximum Gasteiger partial charge on any atom is 0.317 e. The van der Waals surface area contributed by atoms with Gasteiger partial charge in [0.1, 0.15) is 0 Å². The lowest BCUT2D eigenvalue weighted by molar-refractivity contribution is 0.0664. The fraction of sp³-hybridized carbons (Fsp3) is 0.529. The molecule has 2 rings (SSSR count). The van der Waals surface area contributed by atoms with E-state index in [2.05, 4.69) is 5.32 Å². The number of carbonyl (C=O) groups is 2. The van der Waals surface area contributed by atoms with Crippen LogP contribution < -0.4 is 10.2 Å². The summed E-state index contributed by atoms with van der Waals surface area (Å²) in [7, 11) is 3.94. The van der Waals surface area contributed by atoms with E-state index in [9.17, 15) is 9.59 Å². The number of nitrogens with one attached hydrogen (secondary N) is 1. The molecule has 1 saturated heterocycles. The molecule has 0 aliphatic carbocycles. The predicted molar refractivity (Wildman–Crippen MR) is 91.9 cm³/mol. The zero-order valence-electron chi connectivity index (χ0n) is 14.4. The average molecular weight is 318 g/mol. The molecule has 23 heavy (non-hydrogen) atoms. The molecule has 0 radical (unpaired) electrons. The highest BCUT2D eigenvalue weighted by molar-refractivity contribution is 5.94. The summed E-state index contributed by atoms with van der Waals surface area (Å²) < 4.78 is 0. The summed E-state index contributed by atoms with van der Waals surface area (Å²) in [6.07, 6.45) is 0. The number of urea groups is 1. The first-order valence-corrected chi connectivity index (χ1v) is 8.00. The molecule has 1 aliphatic heterocycles. The molecule has 1 aromatic rings. The van der Waals surface area contributed by atoms with Crippen molar-refractivity contribution in [1.82, 2.24) is 15.1 Å². The molecule has 1 aliphatic rings. The van der Waals surface area contributed by atoms with E-state index >= 15 is 0 Å². The minimum Gasteiger partial charge on any atom is -0.378 e. The summed E-state index contributed by atoms with van der Waals surface area (Å²) in [4.78, 5) is 30.1. The summed E-state index contributed by atoms with van der Waals surface area (Å²) in [5.74, 6) is 0.0271. The maximum absolute atomic E-state index is 12.5. The number of piperazine rings is 1. The number of carbonyl (C=O) groups excluding carboxylic acids is 2. The van der Waals surface area contributed by atoms with E-state index in [-0.39, 0.29) is 18.0 Å². The van der Waals surface area contributed by atoms with Gasteiger partial charge in [-0.05, 0) is 38.1 Å². The highest BCUT2D eigenvalue weighted by Gasteiger charge is 2.25. The van der Waals surface area contributed by atoms with Gasteiger partial charge in [0.05, 0.1) is 0 Å². The van der Waals surface area contributed by atoms with Crippen molar-refractivity contribution in [2.45, 2.75) is 19.9 Å². The van der Waals surface area contributed by atoms with Crippen molar-refractivity contribution in [1.29, 1.82) is 0 Å². The van der Waals surface area contributed by atoms with Crippen LogP contribution in [0.2, 0.25) is 0 Å². The number of amides is 3. The molecule has 1 fully saturated rings. The van der Waals surface area contributed by atoms with Gasteiger partial charge >= 0.3 is 6.03 Å². The second-order valence-electron chi connectivity index (χ2n) is 6.32. The fourth-order valence-corrected chi connectivity index (χ4v) is 2.54. The zero-order chi connectivity index (χ0) is 17.0. The lowest BCUT2D eigenvalue weighted by Gasteiger charge is -2.35. The molecule has 126 valence electrons. The Bertz CT molecular complexity index is 546. The lowest BCUT2D eigenvalue weighted by Crippen LogP contribution is -2.54. The van der Waals surface area contributed by atoms with E-state index in [0.717, 1.165) is 5.69 Å². The normalized spacial score (nSPS) is 14.8. The summed E-state index contributed by atoms with van der Waals surface area (Å²) in [5.41, 5.74) is 1.76. The second-order valence-corrected chi connectivity index (χ2v) is 6.32. The third-order valence-corrected chi connectivity index (χ3v) is 3.90. The highest BCUT2D eigenvalue weighted by atomic mass is 16.2.